The third-order valence-electron chi connectivity index (χ3n) is 3.82. The number of carbonyl (C=O) groups excluding carboxylic acids is 3. The molecule has 0 aliphatic heterocycles. The molecule has 0 fully saturated rings. The summed E-state index contributed by atoms with van der Waals surface area (Å²) in [6.07, 6.45) is 0.333. The monoisotopic (exact) mass is 368 g/mol. The Labute approximate surface area is 158 Å². The second-order valence-corrected chi connectivity index (χ2v) is 6.21. The second kappa shape index (κ2) is 9.96. The van der Waals surface area contributed by atoms with Crippen molar-refractivity contribution in [3.63, 3.8) is 0 Å². The number of rotatable bonds is 7. The van der Waals surface area contributed by atoms with Gasteiger partial charge in [0.05, 0.1) is 6.42 Å². The number of hydrogen-bond acceptors (Lipinski definition) is 4. The fourth-order valence-electron chi connectivity index (χ4n) is 2.35. The van der Waals surface area contributed by atoms with Crippen molar-refractivity contribution < 1.29 is 14.4 Å². The van der Waals surface area contributed by atoms with E-state index < -0.39 is 5.91 Å². The normalized spacial score (nSPS) is 10.0. The molecule has 2 aromatic rings. The van der Waals surface area contributed by atoms with Gasteiger partial charge in [0.2, 0.25) is 11.8 Å². The van der Waals surface area contributed by atoms with Crippen LogP contribution in [-0.2, 0) is 16.0 Å². The molecule has 7 heteroatoms. The summed E-state index contributed by atoms with van der Waals surface area (Å²) in [6, 6.07) is 16.4. The minimum Gasteiger partial charge on any atom is -0.378 e. The van der Waals surface area contributed by atoms with Crippen LogP contribution in [0.25, 0.3) is 0 Å². The van der Waals surface area contributed by atoms with Gasteiger partial charge >= 0.3 is 0 Å². The highest BCUT2D eigenvalue weighted by Gasteiger charge is 2.09. The quantitative estimate of drug-likeness (QED) is 0.642. The Kier molecular flexibility index (Phi) is 7.37. The molecule has 0 aliphatic rings. The van der Waals surface area contributed by atoms with Crippen LogP contribution in [-0.4, -0.2) is 38.4 Å². The molecule has 3 N–H and O–H groups in total. The average Bonchev–Trinajstić information content (AvgIpc) is 2.67. The Morgan fingerprint density at radius 1 is 0.889 bits per heavy atom. The molecule has 7 nitrogen and oxygen atoms in total. The highest BCUT2D eigenvalue weighted by Crippen LogP contribution is 2.12. The molecule has 0 unspecified atom stereocenters. The lowest BCUT2D eigenvalue weighted by Gasteiger charge is -2.13. The third kappa shape index (κ3) is 6.81. The number of benzene rings is 2. The van der Waals surface area contributed by atoms with E-state index in [2.05, 4.69) is 16.2 Å². The Balaban J connectivity index is 1.69. The minimum absolute atomic E-state index is 0.0680. The SMILES string of the molecule is CN(C)c1cccc(C(=O)NNC(=O)CCNC(=O)Cc2ccccc2)c1. The molecule has 0 radical (unpaired) electrons. The smallest absolute Gasteiger partial charge is 0.269 e. The lowest BCUT2D eigenvalue weighted by Crippen LogP contribution is -2.42. The summed E-state index contributed by atoms with van der Waals surface area (Å²) in [6.45, 7) is 0.198. The largest absolute Gasteiger partial charge is 0.378 e. The van der Waals surface area contributed by atoms with Crippen LogP contribution < -0.4 is 21.1 Å². The fraction of sp³-hybridized carbons (Fsp3) is 0.250. The van der Waals surface area contributed by atoms with Gasteiger partial charge in [0, 0.05) is 38.3 Å². The molecule has 0 saturated carbocycles. The molecule has 2 aromatic carbocycles. The minimum atomic E-state index is -0.403. The summed E-state index contributed by atoms with van der Waals surface area (Å²) in [5.74, 6) is -0.939. The van der Waals surface area contributed by atoms with Crippen molar-refractivity contribution in [3.8, 4) is 0 Å². The summed E-state index contributed by atoms with van der Waals surface area (Å²) in [5, 5.41) is 2.68. The van der Waals surface area contributed by atoms with Crippen LogP contribution in [0, 0.1) is 0 Å². The van der Waals surface area contributed by atoms with Gasteiger partial charge in [-0.3, -0.25) is 25.2 Å². The van der Waals surface area contributed by atoms with E-state index in [9.17, 15) is 14.4 Å². The number of nitrogens with one attached hydrogen (secondary N) is 3. The molecule has 142 valence electrons. The lowest BCUT2D eigenvalue weighted by molar-refractivity contribution is -0.122. The van der Waals surface area contributed by atoms with Crippen LogP contribution in [0.5, 0.6) is 0 Å². The zero-order valence-electron chi connectivity index (χ0n) is 15.5. The van der Waals surface area contributed by atoms with Crippen molar-refractivity contribution in [2.24, 2.45) is 0 Å². The molecule has 0 atom stereocenters. The molecule has 0 saturated heterocycles. The first-order valence-electron chi connectivity index (χ1n) is 8.63. The molecule has 0 aromatic heterocycles. The first-order valence-corrected chi connectivity index (χ1v) is 8.63. The Morgan fingerprint density at radius 2 is 1.63 bits per heavy atom. The van der Waals surface area contributed by atoms with E-state index in [1.807, 2.05) is 55.4 Å². The first-order chi connectivity index (χ1) is 13.0. The molecule has 0 spiro atoms. The van der Waals surface area contributed by atoms with Gasteiger partial charge in [-0.05, 0) is 23.8 Å². The summed E-state index contributed by atoms with van der Waals surface area (Å²) in [7, 11) is 3.76. The van der Waals surface area contributed by atoms with Gasteiger partial charge in [-0.15, -0.1) is 0 Å². The van der Waals surface area contributed by atoms with Crippen LogP contribution in [0.3, 0.4) is 0 Å². The molecule has 3 amide bonds. The van der Waals surface area contributed by atoms with Crippen LogP contribution in [0.15, 0.2) is 54.6 Å². The zero-order valence-corrected chi connectivity index (χ0v) is 15.5. The standard InChI is InChI=1S/C20H24N4O3/c1-24(2)17-10-6-9-16(14-17)20(27)23-22-18(25)11-12-21-19(26)13-15-7-4-3-5-8-15/h3-10,14H,11-13H2,1-2H3,(H,21,26)(H,22,25)(H,23,27). The molecule has 0 bridgehead atoms. The van der Waals surface area contributed by atoms with Gasteiger partial charge in [-0.1, -0.05) is 36.4 Å². The number of hydrazine groups is 1. The topological polar surface area (TPSA) is 90.5 Å². The number of anilines is 1. The van der Waals surface area contributed by atoms with Crippen molar-refractivity contribution in [1.82, 2.24) is 16.2 Å². The maximum absolute atomic E-state index is 12.1. The molecule has 0 heterocycles. The molecular weight excluding hydrogens is 344 g/mol. The maximum atomic E-state index is 12.1. The van der Waals surface area contributed by atoms with Crippen molar-refractivity contribution in [2.75, 3.05) is 25.5 Å². The van der Waals surface area contributed by atoms with Gasteiger partial charge in [0.1, 0.15) is 0 Å². The Morgan fingerprint density at radius 3 is 2.33 bits per heavy atom. The van der Waals surface area contributed by atoms with E-state index in [-0.39, 0.29) is 31.2 Å². The highest BCUT2D eigenvalue weighted by atomic mass is 16.2. The van der Waals surface area contributed by atoms with Crippen molar-refractivity contribution >= 4 is 23.4 Å². The summed E-state index contributed by atoms with van der Waals surface area (Å²) >= 11 is 0. The molecular formula is C20H24N4O3. The number of hydrogen-bond donors (Lipinski definition) is 3. The van der Waals surface area contributed by atoms with Gasteiger partial charge < -0.3 is 10.2 Å². The summed E-state index contributed by atoms with van der Waals surface area (Å²) in [4.78, 5) is 37.6. The Bertz CT molecular complexity index is 791. The predicted octanol–water partition coefficient (Wildman–Crippen LogP) is 1.26. The fourth-order valence-corrected chi connectivity index (χ4v) is 2.35. The zero-order chi connectivity index (χ0) is 19.6. The van der Waals surface area contributed by atoms with Crippen molar-refractivity contribution in [1.29, 1.82) is 0 Å². The van der Waals surface area contributed by atoms with E-state index in [0.717, 1.165) is 11.3 Å². The first kappa shape index (κ1) is 20.0. The van der Waals surface area contributed by atoms with Crippen LogP contribution in [0.1, 0.15) is 22.3 Å². The van der Waals surface area contributed by atoms with Gasteiger partial charge in [0.15, 0.2) is 0 Å². The number of nitrogens with zero attached hydrogens (tertiary/aromatic N) is 1. The third-order valence-corrected chi connectivity index (χ3v) is 3.82. The number of carbonyl (C=O) groups is 3. The van der Waals surface area contributed by atoms with Crippen molar-refractivity contribution in [3.05, 3.63) is 65.7 Å². The maximum Gasteiger partial charge on any atom is 0.269 e. The number of amides is 3. The van der Waals surface area contributed by atoms with E-state index >= 15 is 0 Å². The molecule has 27 heavy (non-hydrogen) atoms. The Hall–Kier alpha value is -3.35. The van der Waals surface area contributed by atoms with Crippen molar-refractivity contribution in [2.45, 2.75) is 12.8 Å². The predicted molar refractivity (Wildman–Crippen MR) is 104 cm³/mol. The van der Waals surface area contributed by atoms with E-state index in [0.29, 0.717) is 5.56 Å². The van der Waals surface area contributed by atoms with Crippen LogP contribution >= 0.6 is 0 Å². The van der Waals surface area contributed by atoms with E-state index in [1.165, 1.54) is 0 Å². The van der Waals surface area contributed by atoms with Crippen LogP contribution in [0.4, 0.5) is 5.69 Å². The summed E-state index contributed by atoms with van der Waals surface area (Å²) < 4.78 is 0. The molecule has 0 aliphatic carbocycles. The van der Waals surface area contributed by atoms with E-state index in [1.54, 1.807) is 18.2 Å². The highest BCUT2D eigenvalue weighted by molar-refractivity contribution is 5.96. The summed E-state index contributed by atoms with van der Waals surface area (Å²) in [5.41, 5.74) is 6.96. The second-order valence-electron chi connectivity index (χ2n) is 6.21. The van der Waals surface area contributed by atoms with Gasteiger partial charge in [-0.25, -0.2) is 0 Å². The molecule has 2 rings (SSSR count). The van der Waals surface area contributed by atoms with Gasteiger partial charge in [-0.2, -0.15) is 0 Å². The van der Waals surface area contributed by atoms with E-state index in [4.69, 9.17) is 0 Å². The average molecular weight is 368 g/mol. The van der Waals surface area contributed by atoms with Gasteiger partial charge in [0.25, 0.3) is 5.91 Å². The lowest BCUT2D eigenvalue weighted by atomic mass is 10.1. The van der Waals surface area contributed by atoms with Crippen LogP contribution in [0.2, 0.25) is 0 Å².